The maximum atomic E-state index is 12.4. The summed E-state index contributed by atoms with van der Waals surface area (Å²) in [5, 5.41) is 30.5. The molecular formula is C37H35N5O7. The molecule has 4 aromatic rings. The molecule has 12 heteroatoms. The zero-order valence-corrected chi connectivity index (χ0v) is 27.2. The van der Waals surface area contributed by atoms with Crippen LogP contribution in [0.1, 0.15) is 42.4 Å². The van der Waals surface area contributed by atoms with Gasteiger partial charge in [-0.1, -0.05) is 24.0 Å². The molecule has 0 heterocycles. The number of nitro groups is 2. The first kappa shape index (κ1) is 35.5. The topological polar surface area (TPSA) is 150 Å². The zero-order valence-electron chi connectivity index (χ0n) is 27.2. The summed E-state index contributed by atoms with van der Waals surface area (Å²) in [4.78, 5) is 35.5. The summed E-state index contributed by atoms with van der Waals surface area (Å²) >= 11 is 0. The highest BCUT2D eigenvalue weighted by Gasteiger charge is 2.23. The Bertz CT molecular complexity index is 1840. The molecule has 0 radical (unpaired) electrons. The number of carbonyl (C=O) groups is 1. The first-order valence-corrected chi connectivity index (χ1v) is 15.5. The molecule has 0 bridgehead atoms. The highest BCUT2D eigenvalue weighted by molar-refractivity contribution is 5.91. The molecule has 0 atom stereocenters. The van der Waals surface area contributed by atoms with Crippen LogP contribution in [0.15, 0.2) is 113 Å². The van der Waals surface area contributed by atoms with E-state index < -0.39 is 21.5 Å². The molecule has 0 saturated carbocycles. The summed E-state index contributed by atoms with van der Waals surface area (Å²) in [6, 6.07) is 27.5. The predicted octanol–water partition coefficient (Wildman–Crippen LogP) is 8.28. The monoisotopic (exact) mass is 661 g/mol. The second-order valence-corrected chi connectivity index (χ2v) is 11.0. The van der Waals surface area contributed by atoms with E-state index in [1.165, 1.54) is 30.3 Å². The summed E-state index contributed by atoms with van der Waals surface area (Å²) < 4.78 is 10.9. The Hall–Kier alpha value is -6.35. The maximum Gasteiger partial charge on any atom is 0.409 e. The molecule has 4 rings (SSSR count). The highest BCUT2D eigenvalue weighted by atomic mass is 16.6. The van der Waals surface area contributed by atoms with Crippen LogP contribution in [0.3, 0.4) is 0 Å². The van der Waals surface area contributed by atoms with Crippen LogP contribution in [0.2, 0.25) is 0 Å². The van der Waals surface area contributed by atoms with Crippen LogP contribution in [0, 0.1) is 32.1 Å². The van der Waals surface area contributed by atoms with Gasteiger partial charge in [0, 0.05) is 49.1 Å². The summed E-state index contributed by atoms with van der Waals surface area (Å²) in [5.41, 5.74) is 3.64. The summed E-state index contributed by atoms with van der Waals surface area (Å²) in [5.74, 6) is 5.87. The molecule has 0 saturated heterocycles. The van der Waals surface area contributed by atoms with E-state index >= 15 is 0 Å². The van der Waals surface area contributed by atoms with Crippen molar-refractivity contribution in [3.63, 3.8) is 0 Å². The van der Waals surface area contributed by atoms with Crippen molar-refractivity contribution in [1.82, 2.24) is 0 Å². The summed E-state index contributed by atoms with van der Waals surface area (Å²) in [7, 11) is 3.94. The molecular weight excluding hydrogens is 626 g/mol. The Labute approximate surface area is 284 Å². The Morgan fingerprint density at radius 2 is 1.27 bits per heavy atom. The minimum atomic E-state index is -0.978. The van der Waals surface area contributed by atoms with Crippen LogP contribution in [0.5, 0.6) is 5.75 Å². The smallest absolute Gasteiger partial charge is 0.409 e. The lowest BCUT2D eigenvalue weighted by atomic mass is 10.1. The number of nitrogens with zero attached hydrogens (tertiary/aromatic N) is 5. The average Bonchev–Trinajstić information content (AvgIpc) is 3.11. The third-order valence-corrected chi connectivity index (χ3v) is 7.07. The number of carbonyl (C=O) groups excluding carboxylic acids is 1. The second-order valence-electron chi connectivity index (χ2n) is 11.0. The molecule has 0 aliphatic rings. The van der Waals surface area contributed by atoms with Crippen LogP contribution in [0.4, 0.5) is 22.7 Å². The number of nitro benzene ring substituents is 1. The van der Waals surface area contributed by atoms with Gasteiger partial charge in [0.2, 0.25) is 0 Å². The van der Waals surface area contributed by atoms with Crippen LogP contribution in [0.25, 0.3) is 6.08 Å². The van der Waals surface area contributed by atoms with Gasteiger partial charge in [0.25, 0.3) is 5.69 Å². The summed E-state index contributed by atoms with van der Waals surface area (Å²) in [6.07, 6.45) is 4.13. The molecule has 12 nitrogen and oxygen atoms in total. The van der Waals surface area contributed by atoms with Gasteiger partial charge < -0.3 is 14.4 Å². The van der Waals surface area contributed by atoms with Gasteiger partial charge in [-0.25, -0.2) is 4.79 Å². The molecule has 0 unspecified atom stereocenters. The van der Waals surface area contributed by atoms with E-state index in [4.69, 9.17) is 9.47 Å². The number of azo groups is 1. The number of ether oxygens (including phenoxy) is 2. The summed E-state index contributed by atoms with van der Waals surface area (Å²) in [6.45, 7) is 0.566. The maximum absolute atomic E-state index is 12.4. The van der Waals surface area contributed by atoms with Gasteiger partial charge in [-0.15, -0.1) is 0 Å². The first-order valence-electron chi connectivity index (χ1n) is 15.5. The van der Waals surface area contributed by atoms with Crippen LogP contribution >= 0.6 is 0 Å². The fraction of sp³-hybridized carbons (Fsp3) is 0.216. The third-order valence-electron chi connectivity index (χ3n) is 7.07. The van der Waals surface area contributed by atoms with Gasteiger partial charge in [0.1, 0.15) is 5.75 Å². The highest BCUT2D eigenvalue weighted by Crippen LogP contribution is 2.23. The number of benzene rings is 4. The zero-order chi connectivity index (χ0) is 35.0. The average molecular weight is 662 g/mol. The number of hydrogen-bond acceptors (Lipinski definition) is 10. The van der Waals surface area contributed by atoms with Gasteiger partial charge in [0.15, 0.2) is 0 Å². The fourth-order valence-corrected chi connectivity index (χ4v) is 4.35. The third kappa shape index (κ3) is 11.8. The van der Waals surface area contributed by atoms with Crippen molar-refractivity contribution >= 4 is 34.8 Å². The van der Waals surface area contributed by atoms with Crippen molar-refractivity contribution in [2.24, 2.45) is 10.2 Å². The Kier molecular flexibility index (Phi) is 13.1. The quantitative estimate of drug-likeness (QED) is 0.0235. The number of unbranched alkanes of at least 4 members (excludes halogenated alkanes) is 3. The van der Waals surface area contributed by atoms with Crippen molar-refractivity contribution in [3.8, 4) is 17.6 Å². The normalized spacial score (nSPS) is 11.0. The molecule has 0 fully saturated rings. The Morgan fingerprint density at radius 3 is 1.80 bits per heavy atom. The molecule has 0 amide bonds. The minimum absolute atomic E-state index is 0.0116. The lowest BCUT2D eigenvalue weighted by Crippen LogP contribution is -2.15. The van der Waals surface area contributed by atoms with E-state index in [2.05, 4.69) is 22.1 Å². The molecule has 49 heavy (non-hydrogen) atoms. The number of esters is 1. The van der Waals surface area contributed by atoms with Gasteiger partial charge >= 0.3 is 11.7 Å². The lowest BCUT2D eigenvalue weighted by Gasteiger charge is -2.11. The van der Waals surface area contributed by atoms with E-state index in [1.54, 1.807) is 48.5 Å². The molecule has 0 aliphatic carbocycles. The SMILES string of the molecule is CN(C)c1ccc(C#Cc2ccc(C=C(C(=O)OCCCCCCOc3ccc(N=Nc4ccc([N+](=O)[O-])cc4)cc3)[N+](=O)[O-])cc2)cc1. The van der Waals surface area contributed by atoms with Crippen molar-refractivity contribution in [2.45, 2.75) is 25.7 Å². The number of anilines is 1. The fourth-order valence-electron chi connectivity index (χ4n) is 4.35. The predicted molar refractivity (Wildman–Crippen MR) is 187 cm³/mol. The van der Waals surface area contributed by atoms with Crippen molar-refractivity contribution in [1.29, 1.82) is 0 Å². The van der Waals surface area contributed by atoms with E-state index in [0.717, 1.165) is 36.1 Å². The molecule has 0 aromatic heterocycles. The first-order chi connectivity index (χ1) is 23.7. The second kappa shape index (κ2) is 18.1. The number of rotatable bonds is 15. The Morgan fingerprint density at radius 1 is 0.735 bits per heavy atom. The van der Waals surface area contributed by atoms with E-state index in [1.807, 2.05) is 43.3 Å². The van der Waals surface area contributed by atoms with Crippen molar-refractivity contribution in [2.75, 3.05) is 32.2 Å². The van der Waals surface area contributed by atoms with Gasteiger partial charge in [-0.3, -0.25) is 20.2 Å². The van der Waals surface area contributed by atoms with Gasteiger partial charge in [0.05, 0.1) is 34.4 Å². The van der Waals surface area contributed by atoms with E-state index in [0.29, 0.717) is 35.7 Å². The number of hydrogen-bond donors (Lipinski definition) is 0. The van der Waals surface area contributed by atoms with E-state index in [9.17, 15) is 25.0 Å². The van der Waals surface area contributed by atoms with Crippen molar-refractivity contribution in [3.05, 3.63) is 140 Å². The van der Waals surface area contributed by atoms with Crippen LogP contribution < -0.4 is 9.64 Å². The van der Waals surface area contributed by atoms with Crippen LogP contribution in [-0.4, -0.2) is 43.1 Å². The molecule has 4 aromatic carbocycles. The Balaban J connectivity index is 1.13. The molecule has 0 N–H and O–H groups in total. The van der Waals surface area contributed by atoms with E-state index in [-0.39, 0.29) is 12.3 Å². The minimum Gasteiger partial charge on any atom is -0.494 e. The molecule has 0 spiro atoms. The molecule has 250 valence electrons. The number of non-ortho nitro benzene ring substituents is 1. The van der Waals surface area contributed by atoms with Crippen molar-refractivity contribution < 1.29 is 24.1 Å². The van der Waals surface area contributed by atoms with Gasteiger partial charge in [-0.05, 0) is 104 Å². The molecule has 0 aliphatic heterocycles. The van der Waals surface area contributed by atoms with Crippen LogP contribution in [-0.2, 0) is 9.53 Å². The standard InChI is InChI=1S/C37H35N5O7/c1-40(2)33-19-13-29(14-20-33)8-7-28-9-11-30(12-10-28)27-36(42(46)47)37(43)49-26-6-4-3-5-25-48-35-23-17-32(18-24-35)39-38-31-15-21-34(22-16-31)41(44)45/h9-24,27H,3-6,25-26H2,1-2H3. The largest absolute Gasteiger partial charge is 0.494 e. The van der Waals surface area contributed by atoms with Gasteiger partial charge in [-0.2, -0.15) is 10.2 Å². The lowest BCUT2D eigenvalue weighted by molar-refractivity contribution is -0.419.